The van der Waals surface area contributed by atoms with Crippen molar-refractivity contribution in [3.05, 3.63) is 0 Å². The molecule has 1 spiro atoms. The standard InChI is InChI=1S/C14H24O3S/c15-13(12-2-8-18-10-12)11-1-5-17-14(9-11)3-6-16-7-4-14/h11-13,15H,1-10H2. The largest absolute Gasteiger partial charge is 0.393 e. The predicted molar refractivity (Wildman–Crippen MR) is 72.9 cm³/mol. The molecule has 3 rings (SSSR count). The van der Waals surface area contributed by atoms with E-state index in [9.17, 15) is 5.11 Å². The monoisotopic (exact) mass is 272 g/mol. The van der Waals surface area contributed by atoms with Crippen molar-refractivity contribution >= 4 is 11.8 Å². The SMILES string of the molecule is OC(C1CCSC1)C1CCOC2(CCOCC2)C1. The molecule has 0 bridgehead atoms. The van der Waals surface area contributed by atoms with Crippen LogP contribution in [-0.4, -0.2) is 48.1 Å². The lowest BCUT2D eigenvalue weighted by molar-refractivity contribution is -0.161. The quantitative estimate of drug-likeness (QED) is 0.835. The first-order valence-electron chi connectivity index (χ1n) is 7.27. The fourth-order valence-corrected chi connectivity index (χ4v) is 4.96. The molecular formula is C14H24O3S. The van der Waals surface area contributed by atoms with Crippen LogP contribution in [0.2, 0.25) is 0 Å². The second-order valence-electron chi connectivity index (χ2n) is 6.01. The molecule has 0 aromatic heterocycles. The van der Waals surface area contributed by atoms with Gasteiger partial charge in [0, 0.05) is 19.8 Å². The van der Waals surface area contributed by atoms with Gasteiger partial charge in [-0.3, -0.25) is 0 Å². The van der Waals surface area contributed by atoms with Gasteiger partial charge in [0.05, 0.1) is 11.7 Å². The fourth-order valence-electron chi connectivity index (χ4n) is 3.66. The summed E-state index contributed by atoms with van der Waals surface area (Å²) in [5.41, 5.74) is 0.0217. The van der Waals surface area contributed by atoms with Crippen molar-refractivity contribution < 1.29 is 14.6 Å². The number of hydrogen-bond acceptors (Lipinski definition) is 4. The highest BCUT2D eigenvalue weighted by Crippen LogP contribution is 2.41. The minimum absolute atomic E-state index is 0.0217. The van der Waals surface area contributed by atoms with Gasteiger partial charge in [0.15, 0.2) is 0 Å². The average Bonchev–Trinajstić information content (AvgIpc) is 2.93. The van der Waals surface area contributed by atoms with Crippen molar-refractivity contribution in [3.63, 3.8) is 0 Å². The highest BCUT2D eigenvalue weighted by molar-refractivity contribution is 7.99. The summed E-state index contributed by atoms with van der Waals surface area (Å²) in [5.74, 6) is 3.34. The number of hydrogen-bond donors (Lipinski definition) is 1. The zero-order valence-electron chi connectivity index (χ0n) is 11.0. The topological polar surface area (TPSA) is 38.7 Å². The van der Waals surface area contributed by atoms with Gasteiger partial charge < -0.3 is 14.6 Å². The van der Waals surface area contributed by atoms with Crippen LogP contribution < -0.4 is 0 Å². The number of rotatable bonds is 2. The van der Waals surface area contributed by atoms with Gasteiger partial charge in [0.2, 0.25) is 0 Å². The van der Waals surface area contributed by atoms with Gasteiger partial charge >= 0.3 is 0 Å². The predicted octanol–water partition coefficient (Wildman–Crippen LogP) is 2.08. The molecule has 3 nitrogen and oxygen atoms in total. The Morgan fingerprint density at radius 3 is 2.67 bits per heavy atom. The molecular weight excluding hydrogens is 248 g/mol. The fraction of sp³-hybridized carbons (Fsp3) is 1.00. The molecule has 3 fully saturated rings. The molecule has 3 atom stereocenters. The lowest BCUT2D eigenvalue weighted by Gasteiger charge is -2.45. The van der Waals surface area contributed by atoms with E-state index in [2.05, 4.69) is 0 Å². The van der Waals surface area contributed by atoms with Crippen molar-refractivity contribution in [1.29, 1.82) is 0 Å². The lowest BCUT2D eigenvalue weighted by atomic mass is 9.76. The van der Waals surface area contributed by atoms with Crippen LogP contribution in [-0.2, 0) is 9.47 Å². The van der Waals surface area contributed by atoms with Crippen molar-refractivity contribution in [2.24, 2.45) is 11.8 Å². The molecule has 3 aliphatic rings. The zero-order chi connectivity index (χ0) is 12.4. The first-order chi connectivity index (χ1) is 8.79. The molecule has 0 aromatic rings. The Morgan fingerprint density at radius 2 is 1.94 bits per heavy atom. The van der Waals surface area contributed by atoms with E-state index in [-0.39, 0.29) is 11.7 Å². The molecule has 3 aliphatic heterocycles. The Labute approximate surface area is 114 Å². The highest BCUT2D eigenvalue weighted by Gasteiger charge is 2.42. The van der Waals surface area contributed by atoms with Gasteiger partial charge in [-0.1, -0.05) is 0 Å². The van der Waals surface area contributed by atoms with Crippen LogP contribution in [0.15, 0.2) is 0 Å². The normalized spacial score (nSPS) is 37.8. The van der Waals surface area contributed by atoms with E-state index >= 15 is 0 Å². The van der Waals surface area contributed by atoms with Crippen LogP contribution in [0.1, 0.15) is 32.1 Å². The summed E-state index contributed by atoms with van der Waals surface area (Å²) in [7, 11) is 0. The maximum absolute atomic E-state index is 10.6. The maximum atomic E-state index is 10.6. The highest BCUT2D eigenvalue weighted by atomic mass is 32.2. The molecule has 0 aliphatic carbocycles. The Hall–Kier alpha value is 0.230. The van der Waals surface area contributed by atoms with Gasteiger partial charge in [-0.2, -0.15) is 11.8 Å². The van der Waals surface area contributed by atoms with E-state index in [0.717, 1.165) is 51.3 Å². The summed E-state index contributed by atoms with van der Waals surface area (Å²) in [6, 6.07) is 0. The van der Waals surface area contributed by atoms with Crippen LogP contribution in [0.5, 0.6) is 0 Å². The van der Waals surface area contributed by atoms with Crippen molar-refractivity contribution in [1.82, 2.24) is 0 Å². The third kappa shape index (κ3) is 2.72. The second kappa shape index (κ2) is 5.70. The molecule has 104 valence electrons. The first kappa shape index (κ1) is 13.2. The number of thioether (sulfide) groups is 1. The average molecular weight is 272 g/mol. The van der Waals surface area contributed by atoms with Gasteiger partial charge in [-0.05, 0) is 55.4 Å². The number of aliphatic hydroxyl groups excluding tert-OH is 1. The molecule has 18 heavy (non-hydrogen) atoms. The molecule has 4 heteroatoms. The third-order valence-corrected chi connectivity index (χ3v) is 6.05. The summed E-state index contributed by atoms with van der Waals surface area (Å²) in [6.45, 7) is 2.46. The molecule has 3 saturated heterocycles. The lowest BCUT2D eigenvalue weighted by Crippen LogP contribution is -2.47. The van der Waals surface area contributed by atoms with E-state index in [4.69, 9.17) is 9.47 Å². The first-order valence-corrected chi connectivity index (χ1v) is 8.42. The van der Waals surface area contributed by atoms with Crippen LogP contribution in [0.4, 0.5) is 0 Å². The van der Waals surface area contributed by atoms with Gasteiger partial charge in [-0.25, -0.2) is 0 Å². The Morgan fingerprint density at radius 1 is 1.11 bits per heavy atom. The Balaban J connectivity index is 1.62. The van der Waals surface area contributed by atoms with Crippen LogP contribution >= 0.6 is 11.8 Å². The van der Waals surface area contributed by atoms with E-state index in [0.29, 0.717) is 11.8 Å². The molecule has 0 amide bonds. The van der Waals surface area contributed by atoms with Crippen molar-refractivity contribution in [2.75, 3.05) is 31.3 Å². The molecule has 1 N–H and O–H groups in total. The molecule has 0 saturated carbocycles. The third-order valence-electron chi connectivity index (χ3n) is 4.87. The molecule has 3 unspecified atom stereocenters. The van der Waals surface area contributed by atoms with Gasteiger partial charge in [0.1, 0.15) is 0 Å². The van der Waals surface area contributed by atoms with E-state index < -0.39 is 0 Å². The Bertz CT molecular complexity index is 267. The Kier molecular flexibility index (Phi) is 4.18. The van der Waals surface area contributed by atoms with Crippen LogP contribution in [0.3, 0.4) is 0 Å². The second-order valence-corrected chi connectivity index (χ2v) is 7.16. The zero-order valence-corrected chi connectivity index (χ0v) is 11.8. The summed E-state index contributed by atoms with van der Waals surface area (Å²) >= 11 is 1.99. The molecule has 0 radical (unpaired) electrons. The smallest absolute Gasteiger partial charge is 0.0730 e. The number of aliphatic hydroxyl groups is 1. The summed E-state index contributed by atoms with van der Waals surface area (Å²) in [4.78, 5) is 0. The van der Waals surface area contributed by atoms with E-state index in [1.165, 1.54) is 12.2 Å². The minimum Gasteiger partial charge on any atom is -0.393 e. The molecule has 0 aromatic carbocycles. The van der Waals surface area contributed by atoms with Gasteiger partial charge in [0.25, 0.3) is 0 Å². The number of ether oxygens (including phenoxy) is 2. The van der Waals surface area contributed by atoms with Crippen LogP contribution in [0, 0.1) is 11.8 Å². The van der Waals surface area contributed by atoms with E-state index in [1.54, 1.807) is 0 Å². The summed E-state index contributed by atoms with van der Waals surface area (Å²) < 4.78 is 11.5. The summed E-state index contributed by atoms with van der Waals surface area (Å²) in [5, 5.41) is 10.6. The maximum Gasteiger partial charge on any atom is 0.0730 e. The molecule has 3 heterocycles. The minimum atomic E-state index is -0.108. The van der Waals surface area contributed by atoms with Crippen molar-refractivity contribution in [3.8, 4) is 0 Å². The van der Waals surface area contributed by atoms with Crippen LogP contribution in [0.25, 0.3) is 0 Å². The summed E-state index contributed by atoms with van der Waals surface area (Å²) in [6.07, 6.45) is 5.18. The van der Waals surface area contributed by atoms with E-state index in [1.807, 2.05) is 11.8 Å². The van der Waals surface area contributed by atoms with Crippen molar-refractivity contribution in [2.45, 2.75) is 43.8 Å². The van der Waals surface area contributed by atoms with Gasteiger partial charge in [-0.15, -0.1) is 0 Å².